The van der Waals surface area contributed by atoms with E-state index in [1.165, 1.54) is 70.2 Å². The molecular weight excluding hydrogens is 665 g/mol. The Kier molecular flexibility index (Phi) is 5.83. The van der Waals surface area contributed by atoms with E-state index in [-0.39, 0.29) is 0 Å². The van der Waals surface area contributed by atoms with Crippen LogP contribution >= 0.6 is 11.3 Å². The number of benzene rings is 7. The van der Waals surface area contributed by atoms with E-state index in [1.54, 1.807) is 11.3 Å². The van der Waals surface area contributed by atoms with Gasteiger partial charge in [0.05, 0.1) is 16.6 Å². The lowest BCUT2D eigenvalue weighted by Gasteiger charge is -2.31. The Morgan fingerprint density at radius 1 is 0.434 bits per heavy atom. The molecule has 0 aliphatic heterocycles. The first-order valence-corrected chi connectivity index (χ1v) is 18.8. The molecule has 2 aliphatic carbocycles. The molecule has 10 aromatic rings. The average molecular weight is 693 g/mol. The van der Waals surface area contributed by atoms with E-state index in [4.69, 9.17) is 15.0 Å². The van der Waals surface area contributed by atoms with Crippen LogP contribution in [0, 0.1) is 0 Å². The second-order valence-electron chi connectivity index (χ2n) is 13.9. The zero-order chi connectivity index (χ0) is 34.7. The van der Waals surface area contributed by atoms with E-state index in [9.17, 15) is 0 Å². The summed E-state index contributed by atoms with van der Waals surface area (Å²) in [6.45, 7) is 0. The van der Waals surface area contributed by atoms with Crippen LogP contribution in [-0.2, 0) is 5.41 Å². The van der Waals surface area contributed by atoms with Crippen molar-refractivity contribution in [3.8, 4) is 51.0 Å². The minimum absolute atomic E-state index is 0.580. The van der Waals surface area contributed by atoms with Crippen molar-refractivity contribution in [3.05, 3.63) is 192 Å². The van der Waals surface area contributed by atoms with Crippen LogP contribution in [0.3, 0.4) is 0 Å². The minimum atomic E-state index is -0.580. The second kappa shape index (κ2) is 10.7. The molecule has 2 aliphatic rings. The summed E-state index contributed by atoms with van der Waals surface area (Å²) in [5.41, 5.74) is 12.5. The molecule has 0 N–H and O–H groups in total. The predicted molar refractivity (Wildman–Crippen MR) is 217 cm³/mol. The predicted octanol–water partition coefficient (Wildman–Crippen LogP) is 11.9. The molecule has 0 saturated heterocycles. The van der Waals surface area contributed by atoms with Crippen LogP contribution in [0.1, 0.15) is 22.4 Å². The molecule has 0 atom stereocenters. The Bertz CT molecular complexity index is 3090. The Hall–Kier alpha value is -6.69. The number of rotatable bonds is 3. The molecule has 0 bridgehead atoms. The first kappa shape index (κ1) is 28.9. The van der Waals surface area contributed by atoms with Gasteiger partial charge in [-0.25, -0.2) is 4.98 Å². The van der Waals surface area contributed by atoms with Crippen molar-refractivity contribution >= 4 is 42.4 Å². The SMILES string of the molecule is c1ccc(-c2nc(-c3cccc4c3sc3ccccc34)nc(-n3c4c(c5ccccc53)-c3ccccc3C43c4ccccc4-c4ccccc43)n2)cc1. The minimum Gasteiger partial charge on any atom is -0.280 e. The van der Waals surface area contributed by atoms with E-state index in [2.05, 4.69) is 156 Å². The number of thiophene rings is 1. The fourth-order valence-electron chi connectivity index (χ4n) is 9.24. The van der Waals surface area contributed by atoms with Gasteiger partial charge < -0.3 is 0 Å². The van der Waals surface area contributed by atoms with Gasteiger partial charge in [0.1, 0.15) is 0 Å². The van der Waals surface area contributed by atoms with Crippen LogP contribution in [-0.4, -0.2) is 19.5 Å². The molecule has 7 aromatic carbocycles. The zero-order valence-electron chi connectivity index (χ0n) is 28.4. The molecule has 0 saturated carbocycles. The van der Waals surface area contributed by atoms with Crippen LogP contribution in [0.5, 0.6) is 0 Å². The normalized spacial score (nSPS) is 13.4. The molecule has 4 nitrogen and oxygen atoms in total. The van der Waals surface area contributed by atoms with Crippen LogP contribution in [0.2, 0.25) is 0 Å². The second-order valence-corrected chi connectivity index (χ2v) is 14.9. The number of hydrogen-bond donors (Lipinski definition) is 0. The lowest BCUT2D eigenvalue weighted by atomic mass is 9.72. The number of nitrogens with zero attached hydrogens (tertiary/aromatic N) is 4. The maximum atomic E-state index is 5.50. The summed E-state index contributed by atoms with van der Waals surface area (Å²) in [6, 6.07) is 61.0. The van der Waals surface area contributed by atoms with E-state index >= 15 is 0 Å². The van der Waals surface area contributed by atoms with Gasteiger partial charge in [-0.05, 0) is 51.6 Å². The summed E-state index contributed by atoms with van der Waals surface area (Å²) in [7, 11) is 0. The molecule has 3 aromatic heterocycles. The molecule has 0 fully saturated rings. The van der Waals surface area contributed by atoms with Crippen molar-refractivity contribution < 1.29 is 0 Å². The van der Waals surface area contributed by atoms with Crippen molar-refractivity contribution in [1.29, 1.82) is 0 Å². The summed E-state index contributed by atoms with van der Waals surface area (Å²) in [4.78, 5) is 16.1. The zero-order valence-corrected chi connectivity index (χ0v) is 29.2. The fraction of sp³-hybridized carbons (Fsp3) is 0.0208. The van der Waals surface area contributed by atoms with Gasteiger partial charge in [-0.3, -0.25) is 4.57 Å². The lowest BCUT2D eigenvalue weighted by molar-refractivity contribution is 0.723. The van der Waals surface area contributed by atoms with Gasteiger partial charge >= 0.3 is 0 Å². The standard InChI is InChI=1S/C48H28N4S/c1-2-15-29(16-3-1)45-49-46(36-23-14-22-33-32-19-8-13-28-41(32)53-43(33)36)51-47(50-45)52-40-27-12-7-21-35(40)42-34-20-6-11-26-39(34)48(44(42)52)37-24-9-4-17-30(37)31-18-5-10-25-38(31)48/h1-28H. The van der Waals surface area contributed by atoms with Gasteiger partial charge in [0.25, 0.3) is 0 Å². The summed E-state index contributed by atoms with van der Waals surface area (Å²) in [6.07, 6.45) is 0. The largest absolute Gasteiger partial charge is 0.280 e. The Morgan fingerprint density at radius 2 is 1.00 bits per heavy atom. The third-order valence-electron chi connectivity index (χ3n) is 11.3. The maximum absolute atomic E-state index is 5.50. The number of aromatic nitrogens is 4. The molecule has 5 heteroatoms. The van der Waals surface area contributed by atoms with E-state index in [1.807, 2.05) is 18.2 Å². The van der Waals surface area contributed by atoms with Gasteiger partial charge in [-0.15, -0.1) is 11.3 Å². The highest BCUT2D eigenvalue weighted by atomic mass is 32.1. The average Bonchev–Trinajstić information content (AvgIpc) is 3.95. The first-order valence-electron chi connectivity index (χ1n) is 18.0. The number of fused-ring (bicyclic) bond motifs is 15. The van der Waals surface area contributed by atoms with Gasteiger partial charge in [-0.1, -0.05) is 152 Å². The highest BCUT2D eigenvalue weighted by Crippen LogP contribution is 2.64. The third kappa shape index (κ3) is 3.76. The van der Waals surface area contributed by atoms with Gasteiger partial charge in [-0.2, -0.15) is 9.97 Å². The van der Waals surface area contributed by atoms with Crippen LogP contribution < -0.4 is 0 Å². The van der Waals surface area contributed by atoms with Crippen molar-refractivity contribution in [2.75, 3.05) is 0 Å². The number of hydrogen-bond acceptors (Lipinski definition) is 4. The van der Waals surface area contributed by atoms with Crippen molar-refractivity contribution in [3.63, 3.8) is 0 Å². The summed E-state index contributed by atoms with van der Waals surface area (Å²) in [5, 5.41) is 3.65. The summed E-state index contributed by atoms with van der Waals surface area (Å²) < 4.78 is 4.78. The highest BCUT2D eigenvalue weighted by molar-refractivity contribution is 7.26. The van der Waals surface area contributed by atoms with Crippen molar-refractivity contribution in [2.24, 2.45) is 0 Å². The fourth-order valence-corrected chi connectivity index (χ4v) is 10.4. The summed E-state index contributed by atoms with van der Waals surface area (Å²) in [5.74, 6) is 1.92. The molecule has 246 valence electrons. The topological polar surface area (TPSA) is 43.6 Å². The monoisotopic (exact) mass is 692 g/mol. The smallest absolute Gasteiger partial charge is 0.238 e. The molecule has 1 spiro atoms. The van der Waals surface area contributed by atoms with Gasteiger partial charge in [0.15, 0.2) is 11.6 Å². The van der Waals surface area contributed by atoms with E-state index < -0.39 is 5.41 Å². The Balaban J connectivity index is 1.24. The Morgan fingerprint density at radius 3 is 1.77 bits per heavy atom. The van der Waals surface area contributed by atoms with E-state index in [0.29, 0.717) is 17.6 Å². The molecule has 12 rings (SSSR count). The van der Waals surface area contributed by atoms with Crippen molar-refractivity contribution in [1.82, 2.24) is 19.5 Å². The molecular formula is C48H28N4S. The molecule has 0 radical (unpaired) electrons. The first-order chi connectivity index (χ1) is 26.3. The number of para-hydroxylation sites is 1. The maximum Gasteiger partial charge on any atom is 0.238 e. The Labute approximate surface area is 309 Å². The molecule has 0 amide bonds. The van der Waals surface area contributed by atoms with Gasteiger partial charge in [0, 0.05) is 42.2 Å². The van der Waals surface area contributed by atoms with Crippen LogP contribution in [0.15, 0.2) is 170 Å². The third-order valence-corrected chi connectivity index (χ3v) is 12.5. The highest BCUT2D eigenvalue weighted by Gasteiger charge is 2.54. The van der Waals surface area contributed by atoms with Crippen LogP contribution in [0.4, 0.5) is 0 Å². The van der Waals surface area contributed by atoms with E-state index in [0.717, 1.165) is 16.6 Å². The quantitative estimate of drug-likeness (QED) is 0.185. The summed E-state index contributed by atoms with van der Waals surface area (Å²) >= 11 is 1.79. The van der Waals surface area contributed by atoms with Crippen LogP contribution in [0.25, 0.3) is 82.1 Å². The molecule has 0 unspecified atom stereocenters. The van der Waals surface area contributed by atoms with Crippen molar-refractivity contribution in [2.45, 2.75) is 5.41 Å². The molecule has 3 heterocycles. The lowest BCUT2D eigenvalue weighted by Crippen LogP contribution is -2.29. The molecule has 53 heavy (non-hydrogen) atoms. The van der Waals surface area contributed by atoms with Gasteiger partial charge in [0.2, 0.25) is 5.95 Å².